The predicted molar refractivity (Wildman–Crippen MR) is 112 cm³/mol. The molecule has 0 radical (unpaired) electrons. The van der Waals surface area contributed by atoms with Gasteiger partial charge in [0, 0.05) is 17.5 Å². The van der Waals surface area contributed by atoms with Crippen LogP contribution >= 0.6 is 11.3 Å². The summed E-state index contributed by atoms with van der Waals surface area (Å²) >= 11 is 1.13. The Hall–Kier alpha value is -3.52. The van der Waals surface area contributed by atoms with Gasteiger partial charge in [-0.05, 0) is 24.1 Å². The molecule has 1 aliphatic rings. The van der Waals surface area contributed by atoms with Crippen LogP contribution < -0.4 is 5.32 Å². The Kier molecular flexibility index (Phi) is 5.58. The molecular weight excluding hydrogens is 402 g/mol. The molecule has 1 N–H and O–H groups in total. The maximum absolute atomic E-state index is 13.2. The third kappa shape index (κ3) is 3.81. The molecule has 3 aromatic rings. The van der Waals surface area contributed by atoms with Gasteiger partial charge < -0.3 is 9.64 Å². The molecule has 0 aliphatic carbocycles. The molecule has 0 fully saturated rings. The van der Waals surface area contributed by atoms with Crippen molar-refractivity contribution in [3.8, 4) is 0 Å². The van der Waals surface area contributed by atoms with E-state index >= 15 is 0 Å². The van der Waals surface area contributed by atoms with E-state index in [4.69, 9.17) is 4.74 Å². The van der Waals surface area contributed by atoms with E-state index in [-0.39, 0.29) is 23.3 Å². The van der Waals surface area contributed by atoms with Crippen molar-refractivity contribution in [3.63, 3.8) is 0 Å². The molecule has 2 amide bonds. The van der Waals surface area contributed by atoms with Crippen LogP contribution in [0.4, 0.5) is 5.13 Å². The first-order chi connectivity index (χ1) is 14.6. The molecule has 0 bridgehead atoms. The lowest BCUT2D eigenvalue weighted by Gasteiger charge is -2.27. The van der Waals surface area contributed by atoms with Crippen LogP contribution in [0.1, 0.15) is 44.9 Å². The number of amides is 2. The summed E-state index contributed by atoms with van der Waals surface area (Å²) in [6.45, 7) is 2.29. The summed E-state index contributed by atoms with van der Waals surface area (Å²) in [5.74, 6) is -1.13. The Balaban J connectivity index is 1.61. The number of carbonyl (C=O) groups excluding carboxylic acids is 3. The lowest BCUT2D eigenvalue weighted by molar-refractivity contribution is -0.120. The van der Waals surface area contributed by atoms with Gasteiger partial charge in [-0.3, -0.25) is 14.9 Å². The normalized spacial score (nSPS) is 13.6. The average molecular weight is 421 g/mol. The highest BCUT2D eigenvalue weighted by atomic mass is 32.1. The second-order valence-corrected chi connectivity index (χ2v) is 7.51. The summed E-state index contributed by atoms with van der Waals surface area (Å²) in [6.07, 6.45) is 0. The van der Waals surface area contributed by atoms with Gasteiger partial charge in [-0.1, -0.05) is 48.5 Å². The van der Waals surface area contributed by atoms with Crippen molar-refractivity contribution in [1.29, 1.82) is 0 Å². The molecule has 8 heteroatoms. The Morgan fingerprint density at radius 3 is 2.63 bits per heavy atom. The van der Waals surface area contributed by atoms with Gasteiger partial charge in [0.05, 0.1) is 6.61 Å². The fourth-order valence-electron chi connectivity index (χ4n) is 3.40. The number of benzene rings is 2. The lowest BCUT2D eigenvalue weighted by Crippen LogP contribution is -2.37. The highest BCUT2D eigenvalue weighted by Gasteiger charge is 2.37. The van der Waals surface area contributed by atoms with Gasteiger partial charge in [0.15, 0.2) is 10.8 Å². The Morgan fingerprint density at radius 2 is 1.90 bits per heavy atom. The maximum Gasteiger partial charge on any atom is 0.357 e. The van der Waals surface area contributed by atoms with Crippen LogP contribution in [-0.2, 0) is 16.1 Å². The molecule has 0 saturated carbocycles. The largest absolute Gasteiger partial charge is 0.461 e. The fraction of sp³-hybridized carbons (Fsp3) is 0.182. The minimum Gasteiger partial charge on any atom is -0.461 e. The van der Waals surface area contributed by atoms with E-state index in [1.54, 1.807) is 17.9 Å². The van der Waals surface area contributed by atoms with Crippen molar-refractivity contribution in [2.24, 2.45) is 0 Å². The van der Waals surface area contributed by atoms with E-state index in [0.29, 0.717) is 17.7 Å². The van der Waals surface area contributed by atoms with Gasteiger partial charge in [-0.2, -0.15) is 0 Å². The number of aromatic nitrogens is 1. The zero-order valence-electron chi connectivity index (χ0n) is 16.2. The lowest BCUT2D eigenvalue weighted by atomic mass is 10.0. The number of hydrogen-bond acceptors (Lipinski definition) is 6. The first-order valence-corrected chi connectivity index (χ1v) is 10.3. The van der Waals surface area contributed by atoms with Crippen LogP contribution in [0, 0.1) is 0 Å². The number of ether oxygens (including phenoxy) is 1. The SMILES string of the molecule is CCOC(=O)c1csc(NC(=O)[C@@H](c2ccccc2)N2Cc3ccccc3C2=O)n1. The van der Waals surface area contributed by atoms with Gasteiger partial charge in [-0.25, -0.2) is 9.78 Å². The topological polar surface area (TPSA) is 88.6 Å². The van der Waals surface area contributed by atoms with E-state index in [1.807, 2.05) is 48.5 Å². The molecule has 1 aliphatic heterocycles. The van der Waals surface area contributed by atoms with E-state index in [1.165, 1.54) is 5.38 Å². The third-order valence-corrected chi connectivity index (χ3v) is 5.50. The summed E-state index contributed by atoms with van der Waals surface area (Å²) in [6, 6.07) is 15.6. The number of rotatable bonds is 6. The van der Waals surface area contributed by atoms with Gasteiger partial charge in [0.1, 0.15) is 6.04 Å². The first kappa shape index (κ1) is 19.8. The highest BCUT2D eigenvalue weighted by Crippen LogP contribution is 2.32. The molecule has 152 valence electrons. The number of hydrogen-bond donors (Lipinski definition) is 1. The van der Waals surface area contributed by atoms with Gasteiger partial charge >= 0.3 is 5.97 Å². The number of anilines is 1. The molecule has 30 heavy (non-hydrogen) atoms. The Morgan fingerprint density at radius 1 is 1.17 bits per heavy atom. The van der Waals surface area contributed by atoms with Crippen LogP contribution in [-0.4, -0.2) is 34.3 Å². The Bertz CT molecular complexity index is 1100. The predicted octanol–water partition coefficient (Wildman–Crippen LogP) is 3.66. The zero-order chi connectivity index (χ0) is 21.1. The molecule has 2 heterocycles. The maximum atomic E-state index is 13.2. The van der Waals surface area contributed by atoms with Gasteiger partial charge in [-0.15, -0.1) is 11.3 Å². The van der Waals surface area contributed by atoms with Crippen molar-refractivity contribution in [1.82, 2.24) is 9.88 Å². The summed E-state index contributed by atoms with van der Waals surface area (Å²) < 4.78 is 4.93. The second kappa shape index (κ2) is 8.46. The Labute approximate surface area is 177 Å². The molecule has 0 spiro atoms. The minimum atomic E-state index is -0.832. The van der Waals surface area contributed by atoms with Crippen molar-refractivity contribution < 1.29 is 19.1 Å². The zero-order valence-corrected chi connectivity index (χ0v) is 17.0. The molecular formula is C22H19N3O4S. The van der Waals surface area contributed by atoms with E-state index in [0.717, 1.165) is 16.9 Å². The van der Waals surface area contributed by atoms with E-state index < -0.39 is 17.9 Å². The number of nitrogens with zero attached hydrogens (tertiary/aromatic N) is 2. The average Bonchev–Trinajstić information content (AvgIpc) is 3.35. The highest BCUT2D eigenvalue weighted by molar-refractivity contribution is 7.14. The first-order valence-electron chi connectivity index (χ1n) is 9.45. The van der Waals surface area contributed by atoms with Crippen molar-refractivity contribution in [2.45, 2.75) is 19.5 Å². The summed E-state index contributed by atoms with van der Waals surface area (Å²) in [5, 5.41) is 4.55. The van der Waals surface area contributed by atoms with Crippen molar-refractivity contribution in [3.05, 3.63) is 82.4 Å². The molecule has 1 atom stereocenters. The molecule has 7 nitrogen and oxygen atoms in total. The number of thiazole rings is 1. The van der Waals surface area contributed by atoms with E-state index in [9.17, 15) is 14.4 Å². The molecule has 1 aromatic heterocycles. The van der Waals surface area contributed by atoms with E-state index in [2.05, 4.69) is 10.3 Å². The van der Waals surface area contributed by atoms with Crippen LogP contribution in [0.3, 0.4) is 0 Å². The molecule has 2 aromatic carbocycles. The van der Waals surface area contributed by atoms with Crippen LogP contribution in [0.15, 0.2) is 60.0 Å². The molecule has 0 unspecified atom stereocenters. The third-order valence-electron chi connectivity index (χ3n) is 4.74. The number of fused-ring (bicyclic) bond motifs is 1. The van der Waals surface area contributed by atoms with Crippen molar-refractivity contribution >= 4 is 34.3 Å². The summed E-state index contributed by atoms with van der Waals surface area (Å²) in [7, 11) is 0. The van der Waals surface area contributed by atoms with Crippen LogP contribution in [0.2, 0.25) is 0 Å². The quantitative estimate of drug-likeness (QED) is 0.614. The fourth-order valence-corrected chi connectivity index (χ4v) is 4.08. The smallest absolute Gasteiger partial charge is 0.357 e. The van der Waals surface area contributed by atoms with Crippen LogP contribution in [0.5, 0.6) is 0 Å². The summed E-state index contributed by atoms with van der Waals surface area (Å²) in [4.78, 5) is 43.8. The second-order valence-electron chi connectivity index (χ2n) is 6.65. The minimum absolute atomic E-state index is 0.137. The van der Waals surface area contributed by atoms with Gasteiger partial charge in [0.2, 0.25) is 0 Å². The molecule has 4 rings (SSSR count). The van der Waals surface area contributed by atoms with Gasteiger partial charge in [0.25, 0.3) is 11.8 Å². The van der Waals surface area contributed by atoms with Crippen LogP contribution in [0.25, 0.3) is 0 Å². The molecule has 0 saturated heterocycles. The summed E-state index contributed by atoms with van der Waals surface area (Å²) in [5.41, 5.74) is 2.32. The number of nitrogens with one attached hydrogen (secondary N) is 1. The number of carbonyl (C=O) groups is 3. The monoisotopic (exact) mass is 421 g/mol. The standard InChI is InChI=1S/C22H19N3O4S/c1-2-29-21(28)17-13-30-22(23-17)24-19(26)18(14-8-4-3-5-9-14)25-12-15-10-6-7-11-16(15)20(25)27/h3-11,13,18H,2,12H2,1H3,(H,23,24,26)/t18-/m1/s1. The van der Waals surface area contributed by atoms with Crippen molar-refractivity contribution in [2.75, 3.05) is 11.9 Å². The number of esters is 1.